The Bertz CT molecular complexity index is 1260. The van der Waals surface area contributed by atoms with Gasteiger partial charge in [0.25, 0.3) is 5.91 Å². The van der Waals surface area contributed by atoms with Gasteiger partial charge in [-0.15, -0.1) is 0 Å². The molecule has 2 aliphatic heterocycles. The van der Waals surface area contributed by atoms with E-state index in [0.29, 0.717) is 36.0 Å². The predicted octanol–water partition coefficient (Wildman–Crippen LogP) is 1.89. The van der Waals surface area contributed by atoms with Gasteiger partial charge in [-0.25, -0.2) is 13.2 Å². The number of nitrogens with zero attached hydrogens (tertiary/aromatic N) is 2. The zero-order chi connectivity index (χ0) is 24.7. The molecular formula is C23H25N3O7S. The molecule has 0 unspecified atom stereocenters. The number of carbonyl (C=O) groups is 3. The normalized spacial score (nSPS) is 20.0. The number of imide groups is 1. The Morgan fingerprint density at radius 3 is 2.38 bits per heavy atom. The van der Waals surface area contributed by atoms with E-state index in [-0.39, 0.29) is 5.56 Å². The maximum Gasteiger partial charge on any atom is 0.325 e. The fourth-order valence-corrected chi connectivity index (χ4v) is 4.30. The largest absolute Gasteiger partial charge is 0.490 e. The summed E-state index contributed by atoms with van der Waals surface area (Å²) in [4.78, 5) is 39.6. The van der Waals surface area contributed by atoms with Crippen molar-refractivity contribution in [1.29, 1.82) is 0 Å². The number of ether oxygens (including phenoxy) is 2. The summed E-state index contributed by atoms with van der Waals surface area (Å²) in [5.74, 6) is 0.0410. The lowest BCUT2D eigenvalue weighted by atomic mass is 9.91. The second-order valence-corrected chi connectivity index (χ2v) is 10.4. The minimum atomic E-state index is -3.44. The highest BCUT2D eigenvalue weighted by molar-refractivity contribution is 7.92. The van der Waals surface area contributed by atoms with Crippen LogP contribution in [0.25, 0.3) is 0 Å². The van der Waals surface area contributed by atoms with Crippen LogP contribution in [0.2, 0.25) is 0 Å². The lowest BCUT2D eigenvalue weighted by molar-refractivity contribution is -0.130. The number of sulfonamides is 1. The minimum Gasteiger partial charge on any atom is -0.490 e. The van der Waals surface area contributed by atoms with Gasteiger partial charge < -0.3 is 14.8 Å². The molecule has 10 nitrogen and oxygen atoms in total. The molecular weight excluding hydrogens is 462 g/mol. The molecule has 1 saturated heterocycles. The number of hydrogen-bond donors (Lipinski definition) is 1. The summed E-state index contributed by atoms with van der Waals surface area (Å²) in [6, 6.07) is 10.3. The third-order valence-corrected chi connectivity index (χ3v) is 7.16. The smallest absolute Gasteiger partial charge is 0.325 e. The van der Waals surface area contributed by atoms with Crippen molar-refractivity contribution in [1.82, 2.24) is 10.2 Å². The molecule has 2 aromatic rings. The van der Waals surface area contributed by atoms with Gasteiger partial charge in [0.2, 0.25) is 10.0 Å². The fourth-order valence-electron chi connectivity index (χ4n) is 3.79. The summed E-state index contributed by atoms with van der Waals surface area (Å²) in [5, 5.41) is 2.68. The van der Waals surface area contributed by atoms with E-state index in [4.69, 9.17) is 9.47 Å². The maximum absolute atomic E-state index is 13.2. The van der Waals surface area contributed by atoms with E-state index in [1.165, 1.54) is 31.3 Å². The second kappa shape index (κ2) is 8.64. The zero-order valence-electron chi connectivity index (χ0n) is 19.0. The third kappa shape index (κ3) is 4.30. The standard InChI is InChI=1S/C23H25N3O7S/c1-23(16-7-10-19-20(13-16)33-12-4-11-32-19)21(28)26(22(29)24-23)14-18(27)15-5-8-17(9-6-15)25(2)34(3,30)31/h5-10,13H,4,11-12,14H2,1-3H3,(H,24,29)/t23-/m1/s1. The highest BCUT2D eigenvalue weighted by Crippen LogP contribution is 2.36. The molecule has 1 fully saturated rings. The Morgan fingerprint density at radius 2 is 1.74 bits per heavy atom. The molecule has 2 aromatic carbocycles. The van der Waals surface area contributed by atoms with Crippen LogP contribution in [-0.2, 0) is 20.4 Å². The molecule has 0 aromatic heterocycles. The van der Waals surface area contributed by atoms with Crippen molar-refractivity contribution in [2.24, 2.45) is 0 Å². The second-order valence-electron chi connectivity index (χ2n) is 8.36. The van der Waals surface area contributed by atoms with Crippen molar-refractivity contribution in [3.05, 3.63) is 53.6 Å². The van der Waals surface area contributed by atoms with Crippen LogP contribution in [0.4, 0.5) is 10.5 Å². The van der Waals surface area contributed by atoms with E-state index < -0.39 is 39.8 Å². The molecule has 0 bridgehead atoms. The summed E-state index contributed by atoms with van der Waals surface area (Å²) in [7, 11) is -2.04. The Kier molecular flexibility index (Phi) is 5.98. The first-order valence-corrected chi connectivity index (χ1v) is 12.5. The van der Waals surface area contributed by atoms with Gasteiger partial charge in [-0.1, -0.05) is 6.07 Å². The quantitative estimate of drug-likeness (QED) is 0.488. The van der Waals surface area contributed by atoms with Crippen molar-refractivity contribution in [2.45, 2.75) is 18.9 Å². The first-order chi connectivity index (χ1) is 16.0. The number of nitrogens with one attached hydrogen (secondary N) is 1. The Hall–Kier alpha value is -3.60. The number of urea groups is 1. The van der Waals surface area contributed by atoms with E-state index in [1.54, 1.807) is 25.1 Å². The van der Waals surface area contributed by atoms with Crippen LogP contribution in [0.3, 0.4) is 0 Å². The van der Waals surface area contributed by atoms with Crippen LogP contribution in [0.5, 0.6) is 11.5 Å². The molecule has 0 radical (unpaired) electrons. The molecule has 180 valence electrons. The molecule has 0 spiro atoms. The van der Waals surface area contributed by atoms with Crippen LogP contribution in [-0.4, -0.2) is 64.1 Å². The number of Topliss-reactive ketones (excluding diaryl/α,β-unsaturated/α-hetero) is 1. The average Bonchev–Trinajstić information content (AvgIpc) is 2.96. The number of amides is 3. The van der Waals surface area contributed by atoms with Gasteiger partial charge in [0.1, 0.15) is 5.54 Å². The molecule has 1 N–H and O–H groups in total. The van der Waals surface area contributed by atoms with Gasteiger partial charge in [-0.3, -0.25) is 18.8 Å². The van der Waals surface area contributed by atoms with Crippen LogP contribution in [0, 0.1) is 0 Å². The number of ketones is 1. The van der Waals surface area contributed by atoms with Crippen molar-refractivity contribution in [3.8, 4) is 11.5 Å². The Morgan fingerprint density at radius 1 is 1.09 bits per heavy atom. The summed E-state index contributed by atoms with van der Waals surface area (Å²) >= 11 is 0. The van der Waals surface area contributed by atoms with Crippen molar-refractivity contribution >= 4 is 33.4 Å². The van der Waals surface area contributed by atoms with Gasteiger partial charge in [0.05, 0.1) is 31.7 Å². The average molecular weight is 488 g/mol. The highest BCUT2D eigenvalue weighted by atomic mass is 32.2. The van der Waals surface area contributed by atoms with Crippen LogP contribution in [0.1, 0.15) is 29.3 Å². The van der Waals surface area contributed by atoms with Gasteiger partial charge in [-0.05, 0) is 48.9 Å². The SMILES string of the molecule is CN(c1ccc(C(=O)CN2C(=O)N[C@](C)(c3ccc4c(c3)OCCCO4)C2=O)cc1)S(C)(=O)=O. The van der Waals surface area contributed by atoms with Crippen molar-refractivity contribution in [3.63, 3.8) is 0 Å². The molecule has 1 atom stereocenters. The summed E-state index contributed by atoms with van der Waals surface area (Å²) in [5.41, 5.74) is -0.228. The Balaban J connectivity index is 1.52. The predicted molar refractivity (Wildman–Crippen MR) is 124 cm³/mol. The number of anilines is 1. The molecule has 0 saturated carbocycles. The molecule has 4 rings (SSSR count). The van der Waals surface area contributed by atoms with Crippen molar-refractivity contribution in [2.75, 3.05) is 37.4 Å². The maximum atomic E-state index is 13.2. The molecule has 3 amide bonds. The number of fused-ring (bicyclic) bond motifs is 1. The van der Waals surface area contributed by atoms with Crippen LogP contribution in [0.15, 0.2) is 42.5 Å². The van der Waals surface area contributed by atoms with E-state index in [2.05, 4.69) is 5.32 Å². The van der Waals surface area contributed by atoms with Gasteiger partial charge in [0.15, 0.2) is 17.3 Å². The molecule has 2 heterocycles. The van der Waals surface area contributed by atoms with Crippen LogP contribution >= 0.6 is 0 Å². The summed E-state index contributed by atoms with van der Waals surface area (Å²) in [6.07, 6.45) is 1.81. The first kappa shape index (κ1) is 23.6. The van der Waals surface area contributed by atoms with E-state index in [9.17, 15) is 22.8 Å². The lowest BCUT2D eigenvalue weighted by Crippen LogP contribution is -2.41. The number of hydrogen-bond acceptors (Lipinski definition) is 7. The molecule has 11 heteroatoms. The van der Waals surface area contributed by atoms with Gasteiger partial charge in [0, 0.05) is 19.0 Å². The van der Waals surface area contributed by atoms with Gasteiger partial charge in [-0.2, -0.15) is 0 Å². The summed E-state index contributed by atoms with van der Waals surface area (Å²) in [6.45, 7) is 2.13. The first-order valence-electron chi connectivity index (χ1n) is 10.6. The monoisotopic (exact) mass is 487 g/mol. The van der Waals surface area contributed by atoms with E-state index in [1.807, 2.05) is 0 Å². The Labute approximate surface area is 197 Å². The third-order valence-electron chi connectivity index (χ3n) is 5.95. The molecule has 2 aliphatic rings. The van der Waals surface area contributed by atoms with E-state index in [0.717, 1.165) is 21.9 Å². The van der Waals surface area contributed by atoms with E-state index >= 15 is 0 Å². The lowest BCUT2D eigenvalue weighted by Gasteiger charge is -2.23. The summed E-state index contributed by atoms with van der Waals surface area (Å²) < 4.78 is 35.8. The fraction of sp³-hybridized carbons (Fsp3) is 0.348. The topological polar surface area (TPSA) is 122 Å². The number of rotatable bonds is 6. The molecule has 0 aliphatic carbocycles. The number of benzene rings is 2. The minimum absolute atomic E-state index is 0.246. The van der Waals surface area contributed by atoms with Crippen molar-refractivity contribution < 1.29 is 32.3 Å². The highest BCUT2D eigenvalue weighted by Gasteiger charge is 2.49. The van der Waals surface area contributed by atoms with Crippen LogP contribution < -0.4 is 19.1 Å². The number of carbonyl (C=O) groups excluding carboxylic acids is 3. The molecule has 34 heavy (non-hydrogen) atoms. The zero-order valence-corrected chi connectivity index (χ0v) is 19.8. The van der Waals surface area contributed by atoms with Gasteiger partial charge >= 0.3 is 6.03 Å².